The highest BCUT2D eigenvalue weighted by molar-refractivity contribution is 5.78. The molecule has 6 nitrogen and oxygen atoms in total. The average Bonchev–Trinajstić information content (AvgIpc) is 3.05. The molecule has 1 aliphatic heterocycles. The third kappa shape index (κ3) is 5.42. The summed E-state index contributed by atoms with van der Waals surface area (Å²) < 4.78 is 2.16. The Morgan fingerprint density at radius 3 is 2.53 bits per heavy atom. The molecule has 2 aromatic carbocycles. The van der Waals surface area contributed by atoms with E-state index in [0.29, 0.717) is 13.0 Å². The molecule has 0 saturated heterocycles. The molecule has 0 unspecified atom stereocenters. The summed E-state index contributed by atoms with van der Waals surface area (Å²) >= 11 is 0. The minimum atomic E-state index is -0.000141. The predicted octanol–water partition coefficient (Wildman–Crippen LogP) is 2.71. The number of rotatable bonds is 7. The van der Waals surface area contributed by atoms with E-state index in [1.165, 1.54) is 5.56 Å². The lowest BCUT2D eigenvalue weighted by Gasteiger charge is -2.17. The van der Waals surface area contributed by atoms with Crippen molar-refractivity contribution >= 4 is 12.0 Å². The first-order valence-electron chi connectivity index (χ1n) is 10.4. The highest BCUT2D eigenvalue weighted by Gasteiger charge is 2.18. The highest BCUT2D eigenvalue weighted by atomic mass is 16.1. The number of aromatic nitrogens is 3. The van der Waals surface area contributed by atoms with Crippen molar-refractivity contribution < 1.29 is 4.79 Å². The topological polar surface area (TPSA) is 63.1 Å². The van der Waals surface area contributed by atoms with Crippen molar-refractivity contribution in [1.82, 2.24) is 25.0 Å². The predicted molar refractivity (Wildman–Crippen MR) is 118 cm³/mol. The molecule has 6 heteroatoms. The second kappa shape index (κ2) is 9.98. The van der Waals surface area contributed by atoms with Crippen LogP contribution in [0.2, 0.25) is 0 Å². The van der Waals surface area contributed by atoms with Crippen molar-refractivity contribution in [1.29, 1.82) is 0 Å². The van der Waals surface area contributed by atoms with Gasteiger partial charge in [-0.3, -0.25) is 9.69 Å². The largest absolute Gasteiger partial charge is 0.349 e. The van der Waals surface area contributed by atoms with Gasteiger partial charge in [-0.25, -0.2) is 0 Å². The number of hydrogen-bond acceptors (Lipinski definition) is 4. The van der Waals surface area contributed by atoms with Crippen LogP contribution in [0.15, 0.2) is 66.7 Å². The lowest BCUT2D eigenvalue weighted by atomic mass is 10.1. The van der Waals surface area contributed by atoms with Crippen molar-refractivity contribution in [3.63, 3.8) is 0 Å². The van der Waals surface area contributed by atoms with E-state index in [4.69, 9.17) is 0 Å². The summed E-state index contributed by atoms with van der Waals surface area (Å²) in [5.41, 5.74) is 2.23. The van der Waals surface area contributed by atoms with Gasteiger partial charge >= 0.3 is 0 Å². The summed E-state index contributed by atoms with van der Waals surface area (Å²) in [7, 11) is 0. The fraction of sp³-hybridized carbons (Fsp3) is 0.292. The smallest absolute Gasteiger partial charge is 0.224 e. The van der Waals surface area contributed by atoms with Gasteiger partial charge in [0.1, 0.15) is 5.82 Å². The fourth-order valence-corrected chi connectivity index (χ4v) is 3.66. The monoisotopic (exact) mass is 401 g/mol. The van der Waals surface area contributed by atoms with Crippen LogP contribution in [0.1, 0.15) is 22.8 Å². The number of nitrogens with zero attached hydrogens (tertiary/aromatic N) is 4. The van der Waals surface area contributed by atoms with Crippen LogP contribution in [-0.2, 0) is 30.7 Å². The van der Waals surface area contributed by atoms with Gasteiger partial charge in [0.05, 0.1) is 13.0 Å². The Kier molecular flexibility index (Phi) is 6.67. The molecule has 1 aliphatic rings. The van der Waals surface area contributed by atoms with E-state index in [2.05, 4.69) is 61.4 Å². The van der Waals surface area contributed by atoms with Crippen LogP contribution >= 0.6 is 0 Å². The average molecular weight is 402 g/mol. The molecule has 0 aliphatic carbocycles. The lowest BCUT2D eigenvalue weighted by molar-refractivity contribution is -0.120. The Labute approximate surface area is 177 Å². The summed E-state index contributed by atoms with van der Waals surface area (Å²) in [6, 6.07) is 20.1. The molecule has 0 bridgehead atoms. The molecular weight excluding hydrogens is 374 g/mol. The zero-order valence-corrected chi connectivity index (χ0v) is 17.1. The molecule has 154 valence electrons. The summed E-state index contributed by atoms with van der Waals surface area (Å²) in [5.74, 6) is 1.82. The minimum Gasteiger partial charge on any atom is -0.349 e. The van der Waals surface area contributed by atoms with E-state index in [1.54, 1.807) is 0 Å². The van der Waals surface area contributed by atoms with Crippen LogP contribution in [0.3, 0.4) is 0 Å². The van der Waals surface area contributed by atoms with Crippen molar-refractivity contribution in [2.45, 2.75) is 25.9 Å². The van der Waals surface area contributed by atoms with E-state index < -0.39 is 0 Å². The van der Waals surface area contributed by atoms with Crippen molar-refractivity contribution in [2.75, 3.05) is 19.6 Å². The number of fused-ring (bicyclic) bond motifs is 1. The van der Waals surface area contributed by atoms with Gasteiger partial charge in [0.2, 0.25) is 5.91 Å². The van der Waals surface area contributed by atoms with Gasteiger partial charge in [0.25, 0.3) is 0 Å². The molecule has 0 atom stereocenters. The van der Waals surface area contributed by atoms with Gasteiger partial charge in [0.15, 0.2) is 5.82 Å². The van der Waals surface area contributed by atoms with Crippen LogP contribution in [0.4, 0.5) is 0 Å². The summed E-state index contributed by atoms with van der Waals surface area (Å²) in [4.78, 5) is 14.7. The first kappa shape index (κ1) is 20.0. The molecule has 2 heterocycles. The summed E-state index contributed by atoms with van der Waals surface area (Å²) in [6.07, 6.45) is 5.62. The number of amides is 1. The van der Waals surface area contributed by atoms with Crippen LogP contribution in [0.25, 0.3) is 6.08 Å². The Hall–Kier alpha value is -3.25. The Morgan fingerprint density at radius 1 is 0.967 bits per heavy atom. The zero-order valence-electron chi connectivity index (χ0n) is 17.1. The molecule has 3 aromatic rings. The van der Waals surface area contributed by atoms with Crippen molar-refractivity contribution in [3.8, 4) is 0 Å². The maximum atomic E-state index is 12.2. The van der Waals surface area contributed by atoms with Crippen LogP contribution in [0.5, 0.6) is 0 Å². The Bertz CT molecular complexity index is 981. The third-order valence-corrected chi connectivity index (χ3v) is 5.32. The third-order valence-electron chi connectivity index (χ3n) is 5.32. The number of hydrogen-bond donors (Lipinski definition) is 1. The maximum absolute atomic E-state index is 12.2. The number of benzene rings is 2. The van der Waals surface area contributed by atoms with E-state index >= 15 is 0 Å². The van der Waals surface area contributed by atoms with Crippen LogP contribution in [0, 0.1) is 0 Å². The van der Waals surface area contributed by atoms with Gasteiger partial charge in [0, 0.05) is 32.6 Å². The van der Waals surface area contributed by atoms with Crippen LogP contribution in [-0.4, -0.2) is 45.2 Å². The van der Waals surface area contributed by atoms with E-state index in [0.717, 1.165) is 49.8 Å². The number of carbonyl (C=O) groups is 1. The van der Waals surface area contributed by atoms with Gasteiger partial charge in [-0.05, 0) is 11.1 Å². The molecular formula is C24H27N5O. The SMILES string of the molecule is O=C(Cc1ccccc1)NCc1nnc2n1CCN(C/C=C/c1ccccc1)CC2. The van der Waals surface area contributed by atoms with Gasteiger partial charge in [-0.1, -0.05) is 72.8 Å². The Morgan fingerprint density at radius 2 is 1.73 bits per heavy atom. The zero-order chi connectivity index (χ0) is 20.6. The molecule has 1 amide bonds. The van der Waals surface area contributed by atoms with Gasteiger partial charge in [-0.15, -0.1) is 10.2 Å². The highest BCUT2D eigenvalue weighted by Crippen LogP contribution is 2.10. The fourth-order valence-electron chi connectivity index (χ4n) is 3.66. The van der Waals surface area contributed by atoms with E-state index in [-0.39, 0.29) is 5.91 Å². The Balaban J connectivity index is 1.28. The molecule has 0 radical (unpaired) electrons. The second-order valence-electron chi connectivity index (χ2n) is 7.49. The van der Waals surface area contributed by atoms with E-state index in [1.807, 2.05) is 36.4 Å². The molecule has 0 spiro atoms. The van der Waals surface area contributed by atoms with Crippen molar-refractivity contribution in [2.24, 2.45) is 0 Å². The first-order valence-corrected chi connectivity index (χ1v) is 10.4. The molecule has 0 fully saturated rings. The van der Waals surface area contributed by atoms with Crippen molar-refractivity contribution in [3.05, 3.63) is 89.5 Å². The minimum absolute atomic E-state index is 0.000141. The van der Waals surface area contributed by atoms with Crippen LogP contribution < -0.4 is 5.32 Å². The first-order chi connectivity index (χ1) is 14.8. The lowest BCUT2D eigenvalue weighted by Crippen LogP contribution is -2.28. The number of nitrogens with one attached hydrogen (secondary N) is 1. The molecule has 0 saturated carbocycles. The normalized spacial score (nSPS) is 14.4. The van der Waals surface area contributed by atoms with Gasteiger partial charge < -0.3 is 9.88 Å². The summed E-state index contributed by atoms with van der Waals surface area (Å²) in [5, 5.41) is 11.6. The quantitative estimate of drug-likeness (QED) is 0.661. The standard InChI is InChI=1S/C24H27N5O/c30-24(18-21-10-5-2-6-11-21)25-19-23-27-26-22-13-15-28(16-17-29(22)23)14-7-12-20-8-3-1-4-9-20/h1-12H,13-19H2,(H,25,30)/b12-7+. The second-order valence-corrected chi connectivity index (χ2v) is 7.49. The van der Waals surface area contributed by atoms with E-state index in [9.17, 15) is 4.79 Å². The molecule has 30 heavy (non-hydrogen) atoms. The van der Waals surface area contributed by atoms with Gasteiger partial charge in [-0.2, -0.15) is 0 Å². The maximum Gasteiger partial charge on any atom is 0.224 e. The summed E-state index contributed by atoms with van der Waals surface area (Å²) in [6.45, 7) is 4.06. The molecule has 1 aromatic heterocycles. The molecule has 4 rings (SSSR count). The number of carbonyl (C=O) groups excluding carboxylic acids is 1. The molecule has 1 N–H and O–H groups in total.